The molecule has 158 valence electrons. The Hall–Kier alpha value is -2.58. The summed E-state index contributed by atoms with van der Waals surface area (Å²) in [6.45, 7) is 5.50. The van der Waals surface area contributed by atoms with E-state index in [9.17, 15) is 18.4 Å². The van der Waals surface area contributed by atoms with Gasteiger partial charge in [-0.15, -0.1) is 8.78 Å². The van der Waals surface area contributed by atoms with Crippen LogP contribution in [0.1, 0.15) is 56.8 Å². The molecule has 9 heteroatoms. The van der Waals surface area contributed by atoms with Crippen molar-refractivity contribution >= 4 is 12.0 Å². The highest BCUT2D eigenvalue weighted by atomic mass is 19.3. The van der Waals surface area contributed by atoms with Gasteiger partial charge in [0.1, 0.15) is 5.60 Å². The molecule has 0 spiro atoms. The lowest BCUT2D eigenvalue weighted by molar-refractivity contribution is -0.286. The number of piperidine rings is 1. The van der Waals surface area contributed by atoms with Crippen LogP contribution in [0.25, 0.3) is 0 Å². The van der Waals surface area contributed by atoms with Crippen LogP contribution in [-0.2, 0) is 4.74 Å². The fourth-order valence-corrected chi connectivity index (χ4v) is 4.27. The Morgan fingerprint density at radius 1 is 1.14 bits per heavy atom. The van der Waals surface area contributed by atoms with Crippen LogP contribution >= 0.6 is 0 Å². The summed E-state index contributed by atoms with van der Waals surface area (Å²) in [5.41, 5.74) is -0.343. The average Bonchev–Trinajstić information content (AvgIpc) is 3.04. The van der Waals surface area contributed by atoms with Crippen molar-refractivity contribution < 1.29 is 32.6 Å². The number of benzene rings is 1. The molecule has 0 aliphatic carbocycles. The number of rotatable bonds is 2. The summed E-state index contributed by atoms with van der Waals surface area (Å²) in [6, 6.07) is 3.89. The van der Waals surface area contributed by atoms with E-state index in [1.165, 1.54) is 18.2 Å². The molecule has 2 saturated heterocycles. The van der Waals surface area contributed by atoms with Crippen LogP contribution in [-0.4, -0.2) is 46.9 Å². The Bertz CT molecular complexity index is 825. The van der Waals surface area contributed by atoms with E-state index in [1.54, 1.807) is 4.90 Å². The van der Waals surface area contributed by atoms with Crippen molar-refractivity contribution in [1.29, 1.82) is 0 Å². The standard InChI is InChI=1S/C20H24F2N2O5/c1-19(2,3)29-18(26)24-13-5-6-14(24)10-12(9-13)23-17(25)11-4-7-15-16(8-11)28-20(21,22)27-15/h4,7-8,12-14H,5-6,9-10H2,1-3H3,(H,23,25)/t12?,13-,14+. The van der Waals surface area contributed by atoms with Crippen molar-refractivity contribution in [3.05, 3.63) is 23.8 Å². The second-order valence-corrected chi connectivity index (χ2v) is 8.74. The molecule has 3 aliphatic heterocycles. The first kappa shape index (κ1) is 19.7. The van der Waals surface area contributed by atoms with Crippen LogP contribution < -0.4 is 14.8 Å². The van der Waals surface area contributed by atoms with E-state index in [1.807, 2.05) is 20.8 Å². The van der Waals surface area contributed by atoms with Crippen molar-refractivity contribution in [2.45, 2.75) is 76.5 Å². The van der Waals surface area contributed by atoms with Gasteiger partial charge in [-0.3, -0.25) is 4.79 Å². The maximum Gasteiger partial charge on any atom is 0.586 e. The number of ether oxygens (including phenoxy) is 3. The van der Waals surface area contributed by atoms with E-state index in [4.69, 9.17) is 4.74 Å². The second kappa shape index (κ2) is 6.74. The average molecular weight is 410 g/mol. The topological polar surface area (TPSA) is 77.1 Å². The first-order chi connectivity index (χ1) is 13.5. The quantitative estimate of drug-likeness (QED) is 0.805. The number of carbonyl (C=O) groups excluding carboxylic acids is 2. The zero-order valence-corrected chi connectivity index (χ0v) is 16.5. The van der Waals surface area contributed by atoms with Gasteiger partial charge in [-0.1, -0.05) is 0 Å². The Balaban J connectivity index is 1.39. The molecule has 0 aromatic heterocycles. The van der Waals surface area contributed by atoms with Crippen LogP contribution in [0.15, 0.2) is 18.2 Å². The Morgan fingerprint density at radius 2 is 1.76 bits per heavy atom. The van der Waals surface area contributed by atoms with Crippen LogP contribution in [0.3, 0.4) is 0 Å². The third-order valence-electron chi connectivity index (χ3n) is 5.34. The maximum atomic E-state index is 13.2. The molecule has 1 N–H and O–H groups in total. The van der Waals surface area contributed by atoms with Gasteiger partial charge < -0.3 is 24.4 Å². The van der Waals surface area contributed by atoms with Crippen LogP contribution in [0.5, 0.6) is 11.5 Å². The fraction of sp³-hybridized carbons (Fsp3) is 0.600. The van der Waals surface area contributed by atoms with Gasteiger partial charge in [-0.25, -0.2) is 4.79 Å². The van der Waals surface area contributed by atoms with E-state index in [0.29, 0.717) is 12.8 Å². The predicted octanol–water partition coefficient (Wildman–Crippen LogP) is 3.67. The number of fused-ring (bicyclic) bond motifs is 3. The van der Waals surface area contributed by atoms with Gasteiger partial charge in [0.15, 0.2) is 11.5 Å². The smallest absolute Gasteiger partial charge is 0.444 e. The van der Waals surface area contributed by atoms with Crippen molar-refractivity contribution in [2.24, 2.45) is 0 Å². The van der Waals surface area contributed by atoms with Crippen LogP contribution in [0, 0.1) is 0 Å². The summed E-state index contributed by atoms with van der Waals surface area (Å²) in [6.07, 6.45) is -1.03. The fourth-order valence-electron chi connectivity index (χ4n) is 4.27. The Morgan fingerprint density at radius 3 is 2.38 bits per heavy atom. The molecule has 4 rings (SSSR count). The Kier molecular flexibility index (Phi) is 4.59. The number of amides is 2. The largest absolute Gasteiger partial charge is 0.586 e. The third-order valence-corrected chi connectivity index (χ3v) is 5.34. The summed E-state index contributed by atoms with van der Waals surface area (Å²) in [5.74, 6) is -0.639. The van der Waals surface area contributed by atoms with Gasteiger partial charge in [0.2, 0.25) is 0 Å². The summed E-state index contributed by atoms with van der Waals surface area (Å²) in [4.78, 5) is 26.9. The number of hydrogen-bond acceptors (Lipinski definition) is 5. The molecule has 1 aromatic rings. The molecule has 7 nitrogen and oxygen atoms in total. The van der Waals surface area contributed by atoms with Crippen molar-refractivity contribution in [2.75, 3.05) is 0 Å². The maximum absolute atomic E-state index is 13.2. The lowest BCUT2D eigenvalue weighted by Crippen LogP contribution is -2.53. The van der Waals surface area contributed by atoms with Crippen LogP contribution in [0.2, 0.25) is 0 Å². The molecular weight excluding hydrogens is 386 g/mol. The summed E-state index contributed by atoms with van der Waals surface area (Å²) in [7, 11) is 0. The Labute approximate surface area is 167 Å². The predicted molar refractivity (Wildman–Crippen MR) is 98.0 cm³/mol. The zero-order chi connectivity index (χ0) is 21.0. The molecule has 0 radical (unpaired) electrons. The minimum Gasteiger partial charge on any atom is -0.444 e. The lowest BCUT2D eigenvalue weighted by atomic mass is 9.97. The zero-order valence-electron chi connectivity index (χ0n) is 16.5. The summed E-state index contributed by atoms with van der Waals surface area (Å²) >= 11 is 0. The van der Waals surface area contributed by atoms with Gasteiger partial charge in [0.25, 0.3) is 5.91 Å². The number of halogens is 2. The molecule has 2 amide bonds. The number of nitrogens with one attached hydrogen (secondary N) is 1. The molecule has 2 fully saturated rings. The van der Waals surface area contributed by atoms with Gasteiger partial charge in [0.05, 0.1) is 0 Å². The van der Waals surface area contributed by atoms with E-state index in [0.717, 1.165) is 12.8 Å². The third kappa shape index (κ3) is 4.09. The number of nitrogens with zero attached hydrogens (tertiary/aromatic N) is 1. The van der Waals surface area contributed by atoms with Gasteiger partial charge >= 0.3 is 12.4 Å². The first-order valence-electron chi connectivity index (χ1n) is 9.73. The molecule has 2 bridgehead atoms. The minimum absolute atomic E-state index is 0.0179. The number of alkyl halides is 2. The molecule has 3 atom stereocenters. The van der Waals surface area contributed by atoms with E-state index >= 15 is 0 Å². The molecule has 1 aromatic carbocycles. The summed E-state index contributed by atoms with van der Waals surface area (Å²) < 4.78 is 40.6. The van der Waals surface area contributed by atoms with E-state index in [-0.39, 0.29) is 47.2 Å². The first-order valence-corrected chi connectivity index (χ1v) is 9.73. The molecule has 1 unspecified atom stereocenters. The highest BCUT2D eigenvalue weighted by molar-refractivity contribution is 5.95. The lowest BCUT2D eigenvalue weighted by Gasteiger charge is -2.39. The van der Waals surface area contributed by atoms with Crippen molar-refractivity contribution in [1.82, 2.24) is 10.2 Å². The molecular formula is C20H24F2N2O5. The SMILES string of the molecule is CC(C)(C)OC(=O)N1[C@@H]2CC[C@H]1CC(NC(=O)c1ccc3c(c1)OC(F)(F)O3)C2. The molecule has 3 aliphatic rings. The monoisotopic (exact) mass is 410 g/mol. The van der Waals surface area contributed by atoms with E-state index < -0.39 is 11.9 Å². The normalized spacial score (nSPS) is 26.9. The van der Waals surface area contributed by atoms with E-state index in [2.05, 4.69) is 14.8 Å². The van der Waals surface area contributed by atoms with Gasteiger partial charge in [-0.05, 0) is 64.7 Å². The highest BCUT2D eigenvalue weighted by Gasteiger charge is 2.46. The van der Waals surface area contributed by atoms with Crippen molar-refractivity contribution in [3.63, 3.8) is 0 Å². The summed E-state index contributed by atoms with van der Waals surface area (Å²) in [5, 5.41) is 2.95. The van der Waals surface area contributed by atoms with Gasteiger partial charge in [0, 0.05) is 23.7 Å². The van der Waals surface area contributed by atoms with Crippen LogP contribution in [0.4, 0.5) is 13.6 Å². The van der Waals surface area contributed by atoms with Gasteiger partial charge in [-0.2, -0.15) is 0 Å². The minimum atomic E-state index is -3.72. The molecule has 3 heterocycles. The number of carbonyl (C=O) groups is 2. The van der Waals surface area contributed by atoms with Crippen molar-refractivity contribution in [3.8, 4) is 11.5 Å². The second-order valence-electron chi connectivity index (χ2n) is 8.74. The molecule has 29 heavy (non-hydrogen) atoms. The molecule has 0 saturated carbocycles. The highest BCUT2D eigenvalue weighted by Crippen LogP contribution is 2.41. The number of hydrogen-bond donors (Lipinski definition) is 1.